The summed E-state index contributed by atoms with van der Waals surface area (Å²) in [6.45, 7) is 4.92. The Morgan fingerprint density at radius 1 is 0.886 bits per heavy atom. The summed E-state index contributed by atoms with van der Waals surface area (Å²) < 4.78 is 11.5. The Balaban J connectivity index is 0.912. The predicted octanol–water partition coefficient (Wildman–Crippen LogP) is 11.3. The van der Waals surface area contributed by atoms with E-state index in [1.54, 1.807) is 0 Å². The third-order valence-electron chi connectivity index (χ3n) is 12.7. The highest BCUT2D eigenvalue weighted by Gasteiger charge is 2.65. The molecule has 3 unspecified atom stereocenters. The van der Waals surface area contributed by atoms with E-state index in [1.807, 2.05) is 6.26 Å². The van der Waals surface area contributed by atoms with Crippen molar-refractivity contribution in [3.63, 3.8) is 0 Å². The number of furan rings is 1. The van der Waals surface area contributed by atoms with Gasteiger partial charge in [0.2, 0.25) is 0 Å². The summed E-state index contributed by atoms with van der Waals surface area (Å²) in [5, 5.41) is 11.9. The van der Waals surface area contributed by atoms with Crippen molar-refractivity contribution in [1.29, 1.82) is 0 Å². The smallest absolute Gasteiger partial charge is 0.305 e. The van der Waals surface area contributed by atoms with Crippen LogP contribution >= 0.6 is 0 Å². The van der Waals surface area contributed by atoms with Crippen LogP contribution in [0.15, 0.2) is 22.8 Å². The summed E-state index contributed by atoms with van der Waals surface area (Å²) in [4.78, 5) is 12.7. The van der Waals surface area contributed by atoms with E-state index >= 15 is 0 Å². The quantitative estimate of drug-likeness (QED) is 0.118. The predicted molar refractivity (Wildman–Crippen MR) is 180 cm³/mol. The number of allylic oxidation sites excluding steroid dienone is 1. The maximum Gasteiger partial charge on any atom is 0.305 e. The molecular weight excluding hydrogens is 544 g/mol. The van der Waals surface area contributed by atoms with Crippen LogP contribution in [0, 0.1) is 22.7 Å². The van der Waals surface area contributed by atoms with Crippen LogP contribution < -0.4 is 0 Å². The van der Waals surface area contributed by atoms with Gasteiger partial charge in [-0.1, -0.05) is 123 Å². The summed E-state index contributed by atoms with van der Waals surface area (Å²) in [5.74, 6) is 2.23. The highest BCUT2D eigenvalue weighted by molar-refractivity contribution is 5.69. The summed E-state index contributed by atoms with van der Waals surface area (Å²) >= 11 is 0. The van der Waals surface area contributed by atoms with Crippen LogP contribution in [0.25, 0.3) is 6.08 Å². The lowest BCUT2D eigenvalue weighted by Gasteiger charge is -2.58. The molecule has 44 heavy (non-hydrogen) atoms. The molecule has 6 atom stereocenters. The van der Waals surface area contributed by atoms with Crippen LogP contribution in [-0.4, -0.2) is 23.3 Å². The Hall–Kier alpha value is -1.55. The number of rotatable bonds is 20. The Bertz CT molecular complexity index is 1060. The lowest BCUT2D eigenvalue weighted by Crippen LogP contribution is -2.49. The first-order valence-corrected chi connectivity index (χ1v) is 19.0. The van der Waals surface area contributed by atoms with E-state index in [-0.39, 0.29) is 29.3 Å². The number of hydrogen-bond acceptors (Lipinski definition) is 4. The van der Waals surface area contributed by atoms with Crippen molar-refractivity contribution in [2.75, 3.05) is 6.61 Å². The monoisotopic (exact) mass is 608 g/mol. The molecular formula is C40H64O4. The Kier molecular flexibility index (Phi) is 12.2. The first kappa shape index (κ1) is 33.8. The van der Waals surface area contributed by atoms with Crippen molar-refractivity contribution in [3.05, 3.63) is 29.7 Å². The van der Waals surface area contributed by atoms with Gasteiger partial charge in [0.15, 0.2) is 0 Å². The van der Waals surface area contributed by atoms with E-state index in [2.05, 4.69) is 32.1 Å². The minimum Gasteiger partial charge on any atom is -0.465 e. The second kappa shape index (κ2) is 15.8. The van der Waals surface area contributed by atoms with Crippen LogP contribution in [0.1, 0.15) is 185 Å². The maximum absolute atomic E-state index is 12.7. The molecule has 248 valence electrons. The normalized spacial score (nSPS) is 31.8. The van der Waals surface area contributed by atoms with Crippen molar-refractivity contribution in [3.8, 4) is 0 Å². The molecule has 0 aromatic carbocycles. The second-order valence-corrected chi connectivity index (χ2v) is 15.8. The number of ether oxygens (including phenoxy) is 1. The van der Waals surface area contributed by atoms with Gasteiger partial charge in [-0.15, -0.1) is 0 Å². The summed E-state index contributed by atoms with van der Waals surface area (Å²) in [7, 11) is 0. The third kappa shape index (κ3) is 7.87. The second-order valence-electron chi connectivity index (χ2n) is 15.8. The van der Waals surface area contributed by atoms with E-state index in [1.165, 1.54) is 102 Å². The van der Waals surface area contributed by atoms with Gasteiger partial charge < -0.3 is 14.3 Å². The van der Waals surface area contributed by atoms with Crippen LogP contribution in [0.4, 0.5) is 0 Å². The topological polar surface area (TPSA) is 59.7 Å². The highest BCUT2D eigenvalue weighted by atomic mass is 16.5. The van der Waals surface area contributed by atoms with Gasteiger partial charge in [0.05, 0.1) is 6.26 Å². The lowest BCUT2D eigenvalue weighted by atomic mass is 9.46. The van der Waals surface area contributed by atoms with Crippen molar-refractivity contribution < 1.29 is 19.1 Å². The van der Waals surface area contributed by atoms with Crippen molar-refractivity contribution >= 4 is 12.0 Å². The van der Waals surface area contributed by atoms with Gasteiger partial charge in [0.25, 0.3) is 0 Å². The molecule has 4 aliphatic carbocycles. The molecule has 1 heterocycles. The summed E-state index contributed by atoms with van der Waals surface area (Å²) in [6, 6.07) is 2.18. The van der Waals surface area contributed by atoms with Crippen molar-refractivity contribution in [2.24, 2.45) is 22.7 Å². The zero-order chi connectivity index (χ0) is 30.9. The van der Waals surface area contributed by atoms with E-state index in [9.17, 15) is 9.90 Å². The first-order valence-electron chi connectivity index (χ1n) is 19.0. The zero-order valence-electron chi connectivity index (χ0n) is 28.4. The molecule has 4 nitrogen and oxygen atoms in total. The molecule has 1 aromatic rings. The molecule has 3 saturated carbocycles. The van der Waals surface area contributed by atoms with E-state index in [0.29, 0.717) is 18.3 Å². The molecule has 0 saturated heterocycles. The van der Waals surface area contributed by atoms with Crippen molar-refractivity contribution in [2.45, 2.75) is 179 Å². The van der Waals surface area contributed by atoms with Gasteiger partial charge in [-0.05, 0) is 85.7 Å². The average Bonchev–Trinajstić information content (AvgIpc) is 3.57. The van der Waals surface area contributed by atoms with Crippen molar-refractivity contribution in [1.82, 2.24) is 0 Å². The SMILES string of the molecule is CCCCCCCCCCCCCCCCCCCC(=O)OC[C@]1(O)C[C@@]23CCC4c5ccoc5C=C[C@]4(C)C2CCC1C3. The average molecular weight is 609 g/mol. The van der Waals surface area contributed by atoms with Gasteiger partial charge in [0.1, 0.15) is 18.0 Å². The van der Waals surface area contributed by atoms with Gasteiger partial charge in [-0.2, -0.15) is 0 Å². The molecule has 5 rings (SSSR count). The molecule has 3 fully saturated rings. The van der Waals surface area contributed by atoms with Crippen LogP contribution in [0.2, 0.25) is 0 Å². The summed E-state index contributed by atoms with van der Waals surface area (Å²) in [6.07, 6.45) is 36.1. The van der Waals surface area contributed by atoms with E-state index in [0.717, 1.165) is 57.1 Å². The number of carbonyl (C=O) groups excluding carboxylic acids is 1. The van der Waals surface area contributed by atoms with E-state index < -0.39 is 5.60 Å². The first-order chi connectivity index (χ1) is 21.4. The fourth-order valence-corrected chi connectivity index (χ4v) is 10.3. The van der Waals surface area contributed by atoms with Gasteiger partial charge in [0, 0.05) is 12.0 Å². The van der Waals surface area contributed by atoms with Crippen LogP contribution in [0.3, 0.4) is 0 Å². The lowest BCUT2D eigenvalue weighted by molar-refractivity contribution is -0.154. The molecule has 4 aliphatic rings. The van der Waals surface area contributed by atoms with Gasteiger partial charge in [-0.25, -0.2) is 0 Å². The van der Waals surface area contributed by atoms with Gasteiger partial charge in [-0.3, -0.25) is 4.79 Å². The number of unbranched alkanes of at least 4 members (excludes halogenated alkanes) is 16. The fraction of sp³-hybridized carbons (Fsp3) is 0.825. The number of carbonyl (C=O) groups is 1. The molecule has 1 N–H and O–H groups in total. The number of aliphatic hydroxyl groups is 1. The summed E-state index contributed by atoms with van der Waals surface area (Å²) in [5.41, 5.74) is 0.781. The molecule has 0 aliphatic heterocycles. The third-order valence-corrected chi connectivity index (χ3v) is 12.7. The molecule has 1 aromatic heterocycles. The zero-order valence-corrected chi connectivity index (χ0v) is 28.4. The van der Waals surface area contributed by atoms with Crippen LogP contribution in [-0.2, 0) is 9.53 Å². The molecule has 2 bridgehead atoms. The Morgan fingerprint density at radius 2 is 1.50 bits per heavy atom. The Morgan fingerprint density at radius 3 is 2.14 bits per heavy atom. The standard InChI is InChI=1S/C40H64O4/c1-3-4-5-6-7-8-9-10-11-12-13-14-15-16-17-18-19-20-37(41)44-31-40(42)30-39-27-23-34-33-25-28-43-35(33)24-26-38(34,2)36(39)22-21-32(40)29-39/h24-26,28,32,34,36,42H,3-23,27,29-31H2,1-2H3/t32?,34?,36?,38-,39-,40+/m0/s1. The molecule has 1 spiro atoms. The van der Waals surface area contributed by atoms with Crippen LogP contribution in [0.5, 0.6) is 0 Å². The minimum atomic E-state index is -0.860. The molecule has 4 heteroatoms. The fourth-order valence-electron chi connectivity index (χ4n) is 10.3. The largest absolute Gasteiger partial charge is 0.465 e. The van der Waals surface area contributed by atoms with Gasteiger partial charge >= 0.3 is 5.97 Å². The number of hydrogen-bond donors (Lipinski definition) is 1. The minimum absolute atomic E-state index is 0.106. The maximum atomic E-state index is 12.7. The van der Waals surface area contributed by atoms with E-state index in [4.69, 9.17) is 9.15 Å². The highest BCUT2D eigenvalue weighted by Crippen LogP contribution is 2.71. The molecule has 0 radical (unpaired) electrons. The molecule has 0 amide bonds. The Labute approximate surface area is 269 Å². The number of fused-ring (bicyclic) bond motifs is 5. The number of esters is 1.